The highest BCUT2D eigenvalue weighted by Crippen LogP contribution is 2.53. The van der Waals surface area contributed by atoms with E-state index in [9.17, 15) is 14.4 Å². The molecular formula is C36H42ClN3O5. The van der Waals surface area contributed by atoms with Gasteiger partial charge in [-0.25, -0.2) is 0 Å². The van der Waals surface area contributed by atoms with Crippen LogP contribution in [-0.2, 0) is 9.59 Å². The van der Waals surface area contributed by atoms with Crippen molar-refractivity contribution in [3.8, 4) is 5.75 Å². The number of ether oxygens (including phenoxy) is 1. The molecule has 0 bridgehead atoms. The molecule has 0 spiro atoms. The van der Waals surface area contributed by atoms with E-state index in [1.807, 2.05) is 53.1 Å². The quantitative estimate of drug-likeness (QED) is 0.317. The number of hydrogen-bond donors (Lipinski definition) is 1. The first-order valence-electron chi connectivity index (χ1n) is 16.1. The van der Waals surface area contributed by atoms with Gasteiger partial charge in [0, 0.05) is 43.0 Å². The molecule has 1 saturated carbocycles. The largest absolute Gasteiger partial charge is 0.497 e. The van der Waals surface area contributed by atoms with Crippen LogP contribution in [0.5, 0.6) is 5.75 Å². The molecule has 2 saturated heterocycles. The molecule has 4 atom stereocenters. The van der Waals surface area contributed by atoms with Gasteiger partial charge in [0.05, 0.1) is 24.6 Å². The van der Waals surface area contributed by atoms with Gasteiger partial charge in [-0.1, -0.05) is 55.1 Å². The molecule has 6 rings (SSSR count). The number of amides is 2. The fraction of sp³-hybridized carbons (Fsp3) is 0.472. The first-order chi connectivity index (χ1) is 21.8. The number of aryl methyl sites for hydroxylation is 2. The van der Waals surface area contributed by atoms with Gasteiger partial charge in [-0.05, 0) is 68.1 Å². The predicted octanol–water partition coefficient (Wildman–Crippen LogP) is 6.11. The second kappa shape index (κ2) is 13.4. The first kappa shape index (κ1) is 31.4. The van der Waals surface area contributed by atoms with E-state index >= 15 is 0 Å². The van der Waals surface area contributed by atoms with E-state index in [1.54, 1.807) is 32.2 Å². The number of carbonyl (C=O) groups excluding carboxylic acids is 3. The highest BCUT2D eigenvalue weighted by Gasteiger charge is 2.59. The van der Waals surface area contributed by atoms with Crippen LogP contribution in [0.25, 0.3) is 0 Å². The normalized spacial score (nSPS) is 24.1. The lowest BCUT2D eigenvalue weighted by atomic mass is 9.76. The van der Waals surface area contributed by atoms with E-state index in [4.69, 9.17) is 20.8 Å². The highest BCUT2D eigenvalue weighted by atomic mass is 35.5. The van der Waals surface area contributed by atoms with Crippen LogP contribution in [0.1, 0.15) is 77.1 Å². The van der Waals surface area contributed by atoms with Crippen molar-refractivity contribution in [2.24, 2.45) is 11.8 Å². The molecule has 2 aromatic carbocycles. The van der Waals surface area contributed by atoms with Crippen LogP contribution in [0.3, 0.4) is 0 Å². The number of halogens is 1. The number of furan rings is 1. The molecule has 1 N–H and O–H groups in total. The third-order valence-electron chi connectivity index (χ3n) is 9.88. The molecule has 9 heteroatoms. The number of ketones is 1. The Hall–Kier alpha value is -3.62. The summed E-state index contributed by atoms with van der Waals surface area (Å²) in [6.45, 7) is 6.06. The van der Waals surface area contributed by atoms with Crippen molar-refractivity contribution in [1.82, 2.24) is 15.1 Å². The number of Topliss-reactive ketones (excluding diaryl/α,β-unsaturated/α-hetero) is 1. The molecule has 8 nitrogen and oxygen atoms in total. The fourth-order valence-electron chi connectivity index (χ4n) is 7.70. The molecule has 3 heterocycles. The second-order valence-electron chi connectivity index (χ2n) is 12.6. The molecule has 2 amide bonds. The maximum Gasteiger partial charge on any atom is 0.246 e. The van der Waals surface area contributed by atoms with E-state index in [-0.39, 0.29) is 23.5 Å². The molecule has 3 fully saturated rings. The monoisotopic (exact) mass is 631 g/mol. The van der Waals surface area contributed by atoms with Gasteiger partial charge >= 0.3 is 0 Å². The van der Waals surface area contributed by atoms with Crippen molar-refractivity contribution >= 4 is 29.2 Å². The molecular weight excluding hydrogens is 590 g/mol. The van der Waals surface area contributed by atoms with E-state index in [0.717, 1.165) is 43.2 Å². The van der Waals surface area contributed by atoms with E-state index in [0.29, 0.717) is 54.0 Å². The Labute approximate surface area is 270 Å². The van der Waals surface area contributed by atoms with Gasteiger partial charge in [-0.15, -0.1) is 0 Å². The minimum absolute atomic E-state index is 0.0444. The topological polar surface area (TPSA) is 92.1 Å². The molecule has 2 aliphatic heterocycles. The standard InChI is InChI=1S/C36H42ClN3O5/c1-22-21-29(23(2)45-22)34(41)31-30(24-11-15-28(44-3)16-12-24)33(36(43)39-19-17-38-18-20-39)40(35(42)26-7-5-4-6-8-26)32(31)25-9-13-27(37)14-10-25/h9-16,21,26,30-33,38H,4-8,17-20H2,1-3H3. The average Bonchev–Trinajstić information content (AvgIpc) is 3.61. The van der Waals surface area contributed by atoms with Crippen LogP contribution >= 0.6 is 11.6 Å². The summed E-state index contributed by atoms with van der Waals surface area (Å²) in [5, 5.41) is 3.89. The Morgan fingerprint density at radius 2 is 1.53 bits per heavy atom. The van der Waals surface area contributed by atoms with Crippen molar-refractivity contribution in [1.29, 1.82) is 0 Å². The lowest BCUT2D eigenvalue weighted by Gasteiger charge is -2.38. The van der Waals surface area contributed by atoms with Crippen molar-refractivity contribution in [3.63, 3.8) is 0 Å². The van der Waals surface area contributed by atoms with Gasteiger partial charge in [0.15, 0.2) is 5.78 Å². The van der Waals surface area contributed by atoms with Gasteiger partial charge in [-0.2, -0.15) is 0 Å². The van der Waals surface area contributed by atoms with Crippen LogP contribution < -0.4 is 10.1 Å². The van der Waals surface area contributed by atoms with Gasteiger partial charge in [0.25, 0.3) is 0 Å². The Morgan fingerprint density at radius 3 is 2.13 bits per heavy atom. The van der Waals surface area contributed by atoms with Gasteiger partial charge in [-0.3, -0.25) is 14.4 Å². The lowest BCUT2D eigenvalue weighted by molar-refractivity contribution is -0.149. The van der Waals surface area contributed by atoms with Crippen molar-refractivity contribution in [2.75, 3.05) is 33.3 Å². The molecule has 45 heavy (non-hydrogen) atoms. The number of likely N-dealkylation sites (tertiary alicyclic amines) is 1. The summed E-state index contributed by atoms with van der Waals surface area (Å²) < 4.78 is 11.3. The number of benzene rings is 2. The number of methoxy groups -OCH3 is 1. The number of nitrogens with one attached hydrogen (secondary N) is 1. The van der Waals surface area contributed by atoms with Crippen LogP contribution in [-0.4, -0.2) is 66.7 Å². The zero-order valence-electron chi connectivity index (χ0n) is 26.3. The van der Waals surface area contributed by atoms with Gasteiger partial charge < -0.3 is 24.3 Å². The van der Waals surface area contributed by atoms with Crippen LogP contribution in [0.2, 0.25) is 5.02 Å². The third kappa shape index (κ3) is 6.15. The molecule has 3 aromatic rings. The Kier molecular flexibility index (Phi) is 9.33. The maximum atomic E-state index is 14.9. The third-order valence-corrected chi connectivity index (χ3v) is 10.1. The minimum atomic E-state index is -0.867. The van der Waals surface area contributed by atoms with E-state index in [1.165, 1.54) is 0 Å². The summed E-state index contributed by atoms with van der Waals surface area (Å²) in [6, 6.07) is 15.2. The molecule has 4 unspecified atom stereocenters. The van der Waals surface area contributed by atoms with Crippen LogP contribution in [0.4, 0.5) is 0 Å². The van der Waals surface area contributed by atoms with Crippen LogP contribution in [0, 0.1) is 25.7 Å². The highest BCUT2D eigenvalue weighted by molar-refractivity contribution is 6.30. The summed E-state index contributed by atoms with van der Waals surface area (Å²) in [4.78, 5) is 48.3. The molecule has 1 aromatic heterocycles. The molecule has 3 aliphatic rings. The number of carbonyl (C=O) groups is 3. The molecule has 238 valence electrons. The SMILES string of the molecule is COc1ccc(C2C(C(=O)c3cc(C)oc3C)C(c3ccc(Cl)cc3)N(C(=O)C3CCCCC3)C2C(=O)N2CCNCC2)cc1. The maximum absolute atomic E-state index is 14.9. The van der Waals surface area contributed by atoms with Gasteiger partial charge in [0.2, 0.25) is 11.8 Å². The Morgan fingerprint density at radius 1 is 0.889 bits per heavy atom. The van der Waals surface area contributed by atoms with Crippen LogP contribution in [0.15, 0.2) is 59.0 Å². The first-order valence-corrected chi connectivity index (χ1v) is 16.5. The molecule has 0 radical (unpaired) electrons. The second-order valence-corrected chi connectivity index (χ2v) is 13.0. The summed E-state index contributed by atoms with van der Waals surface area (Å²) in [5.41, 5.74) is 2.09. The summed E-state index contributed by atoms with van der Waals surface area (Å²) >= 11 is 6.35. The summed E-state index contributed by atoms with van der Waals surface area (Å²) in [5.74, 6) is -0.00173. The average molecular weight is 632 g/mol. The van der Waals surface area contributed by atoms with Gasteiger partial charge in [0.1, 0.15) is 23.3 Å². The smallest absolute Gasteiger partial charge is 0.246 e. The Bertz CT molecular complexity index is 1520. The van der Waals surface area contributed by atoms with E-state index < -0.39 is 23.9 Å². The Balaban J connectivity index is 1.59. The van der Waals surface area contributed by atoms with Crippen molar-refractivity contribution < 1.29 is 23.5 Å². The van der Waals surface area contributed by atoms with E-state index in [2.05, 4.69) is 5.32 Å². The summed E-state index contributed by atoms with van der Waals surface area (Å²) in [6.07, 6.45) is 4.61. The number of hydrogen-bond acceptors (Lipinski definition) is 6. The number of nitrogens with zero attached hydrogens (tertiary/aromatic N) is 2. The number of piperazine rings is 1. The minimum Gasteiger partial charge on any atom is -0.497 e. The van der Waals surface area contributed by atoms with Crippen molar-refractivity contribution in [2.45, 2.75) is 64.0 Å². The zero-order chi connectivity index (χ0) is 31.7. The fourth-order valence-corrected chi connectivity index (χ4v) is 7.82. The number of rotatable bonds is 7. The lowest BCUT2D eigenvalue weighted by Crippen LogP contribution is -2.55. The zero-order valence-corrected chi connectivity index (χ0v) is 27.0. The predicted molar refractivity (Wildman–Crippen MR) is 173 cm³/mol. The summed E-state index contributed by atoms with van der Waals surface area (Å²) in [7, 11) is 1.61. The van der Waals surface area contributed by atoms with Crippen molar-refractivity contribution in [3.05, 3.63) is 87.8 Å². The molecule has 1 aliphatic carbocycles.